The van der Waals surface area contributed by atoms with E-state index in [0.717, 1.165) is 51.6 Å². The Morgan fingerprint density at radius 1 is 0.619 bits per heavy atom. The second-order valence-electron chi connectivity index (χ2n) is 11.7. The Morgan fingerprint density at radius 3 is 1.33 bits per heavy atom. The SMILES string of the molecule is O=C(O)C[C@@H]1CC[C@H](NC(=O)C[C@@H]2CCCCN2)B(O)O1.O=C(O)C[C@@H]1CC[C@H](NC(=O)C[C@@H]2CCCCN2)B(O)O1. The van der Waals surface area contributed by atoms with Crippen molar-refractivity contribution in [3.05, 3.63) is 0 Å². The molecule has 4 saturated heterocycles. The lowest BCUT2D eigenvalue weighted by Gasteiger charge is -2.31. The third-order valence-electron chi connectivity index (χ3n) is 8.14. The lowest BCUT2D eigenvalue weighted by atomic mass is 9.72. The molecular weight excluding hydrogens is 550 g/mol. The Hall–Kier alpha value is -2.23. The lowest BCUT2D eigenvalue weighted by molar-refractivity contribution is -0.140. The number of piperidine rings is 2. The van der Waals surface area contributed by atoms with E-state index in [1.165, 1.54) is 0 Å². The fourth-order valence-corrected chi connectivity index (χ4v) is 5.89. The molecule has 8 N–H and O–H groups in total. The third-order valence-corrected chi connectivity index (χ3v) is 8.14. The van der Waals surface area contributed by atoms with Crippen LogP contribution in [-0.4, -0.2) is 108 Å². The second-order valence-corrected chi connectivity index (χ2v) is 11.7. The largest absolute Gasteiger partial charge is 0.481 e. The first-order valence-electron chi connectivity index (χ1n) is 15.2. The average molecular weight is 596 g/mol. The zero-order valence-electron chi connectivity index (χ0n) is 24.2. The van der Waals surface area contributed by atoms with E-state index in [2.05, 4.69) is 21.3 Å². The molecular formula is C26H46B2N4O10. The van der Waals surface area contributed by atoms with Crippen LogP contribution in [0.5, 0.6) is 0 Å². The summed E-state index contributed by atoms with van der Waals surface area (Å²) in [4.78, 5) is 45.2. The molecule has 16 heteroatoms. The highest BCUT2D eigenvalue weighted by atomic mass is 16.5. The molecule has 4 aliphatic heterocycles. The molecule has 0 aromatic carbocycles. The van der Waals surface area contributed by atoms with Crippen molar-refractivity contribution in [2.24, 2.45) is 0 Å². The predicted octanol–water partition coefficient (Wildman–Crippen LogP) is -0.646. The highest BCUT2D eigenvalue weighted by Gasteiger charge is 2.38. The maximum absolute atomic E-state index is 12.0. The van der Waals surface area contributed by atoms with Gasteiger partial charge in [0, 0.05) is 24.9 Å². The number of carbonyl (C=O) groups is 4. The molecule has 0 saturated carbocycles. The summed E-state index contributed by atoms with van der Waals surface area (Å²) >= 11 is 0. The van der Waals surface area contributed by atoms with E-state index < -0.39 is 50.3 Å². The van der Waals surface area contributed by atoms with Crippen LogP contribution in [0, 0.1) is 0 Å². The molecule has 2 amide bonds. The summed E-state index contributed by atoms with van der Waals surface area (Å²) in [6, 6.07) is 0.417. The van der Waals surface area contributed by atoms with Crippen LogP contribution in [-0.2, 0) is 28.5 Å². The molecule has 0 aliphatic carbocycles. The summed E-state index contributed by atoms with van der Waals surface area (Å²) in [5, 5.41) is 49.3. The summed E-state index contributed by atoms with van der Waals surface area (Å²) in [6.45, 7) is 1.90. The van der Waals surface area contributed by atoms with Crippen molar-refractivity contribution < 1.29 is 48.7 Å². The first-order chi connectivity index (χ1) is 20.1. The molecule has 0 spiro atoms. The molecule has 14 nitrogen and oxygen atoms in total. The van der Waals surface area contributed by atoms with Crippen molar-refractivity contribution >= 4 is 38.0 Å². The van der Waals surface area contributed by atoms with Crippen molar-refractivity contribution in [1.82, 2.24) is 21.3 Å². The number of carbonyl (C=O) groups excluding carboxylic acids is 2. The highest BCUT2D eigenvalue weighted by Crippen LogP contribution is 2.20. The monoisotopic (exact) mass is 596 g/mol. The van der Waals surface area contributed by atoms with Crippen molar-refractivity contribution in [2.45, 2.75) is 126 Å². The first-order valence-corrected chi connectivity index (χ1v) is 15.2. The molecule has 4 fully saturated rings. The molecule has 6 atom stereocenters. The smallest absolute Gasteiger partial charge is 0.478 e. The van der Waals surface area contributed by atoms with Crippen molar-refractivity contribution in [1.29, 1.82) is 0 Å². The van der Waals surface area contributed by atoms with E-state index in [4.69, 9.17) is 19.5 Å². The number of hydrogen-bond acceptors (Lipinski definition) is 10. The third kappa shape index (κ3) is 12.6. The zero-order chi connectivity index (χ0) is 30.5. The maximum Gasteiger partial charge on any atom is 0.478 e. The van der Waals surface area contributed by atoms with E-state index in [1.807, 2.05) is 0 Å². The Kier molecular flexibility index (Phi) is 14.5. The molecule has 4 rings (SSSR count). The van der Waals surface area contributed by atoms with Crippen LogP contribution < -0.4 is 21.3 Å². The summed E-state index contributed by atoms with van der Waals surface area (Å²) in [6.07, 6.45) is 8.28. The van der Waals surface area contributed by atoms with Gasteiger partial charge in [-0.1, -0.05) is 12.8 Å². The number of nitrogens with one attached hydrogen (secondary N) is 4. The van der Waals surface area contributed by atoms with Gasteiger partial charge in [0.2, 0.25) is 11.8 Å². The maximum atomic E-state index is 12.0. The van der Waals surface area contributed by atoms with Crippen LogP contribution >= 0.6 is 0 Å². The van der Waals surface area contributed by atoms with Crippen LogP contribution in [0.4, 0.5) is 0 Å². The minimum absolute atomic E-state index is 0.0984. The van der Waals surface area contributed by atoms with Crippen LogP contribution in [0.2, 0.25) is 0 Å². The van der Waals surface area contributed by atoms with Gasteiger partial charge < -0.3 is 50.8 Å². The summed E-state index contributed by atoms with van der Waals surface area (Å²) in [5.74, 6) is -2.99. The van der Waals surface area contributed by atoms with E-state index in [1.54, 1.807) is 0 Å². The number of amides is 2. The van der Waals surface area contributed by atoms with Gasteiger partial charge in [-0.25, -0.2) is 0 Å². The minimum Gasteiger partial charge on any atom is -0.481 e. The first kappa shape index (κ1) is 34.3. The number of carboxylic acids is 2. The van der Waals surface area contributed by atoms with Gasteiger partial charge in [0.25, 0.3) is 0 Å². The van der Waals surface area contributed by atoms with Gasteiger partial charge in [-0.15, -0.1) is 0 Å². The molecule has 0 aromatic rings. The van der Waals surface area contributed by atoms with Gasteiger partial charge in [0.15, 0.2) is 0 Å². The molecule has 236 valence electrons. The summed E-state index contributed by atoms with van der Waals surface area (Å²) in [7, 11) is -2.27. The van der Waals surface area contributed by atoms with Gasteiger partial charge in [-0.3, -0.25) is 19.2 Å². The molecule has 0 aromatic heterocycles. The Morgan fingerprint density at radius 2 is 1.02 bits per heavy atom. The molecule has 0 radical (unpaired) electrons. The number of hydrogen-bond donors (Lipinski definition) is 8. The minimum atomic E-state index is -1.13. The Labute approximate surface area is 247 Å². The predicted molar refractivity (Wildman–Crippen MR) is 153 cm³/mol. The van der Waals surface area contributed by atoms with E-state index >= 15 is 0 Å². The Balaban J connectivity index is 0.000000230. The van der Waals surface area contributed by atoms with Gasteiger partial charge in [0.05, 0.1) is 36.9 Å². The normalized spacial score (nSPS) is 30.0. The summed E-state index contributed by atoms with van der Waals surface area (Å²) in [5.41, 5.74) is 0. The van der Waals surface area contributed by atoms with Crippen molar-refractivity contribution in [2.75, 3.05) is 13.1 Å². The lowest BCUT2D eigenvalue weighted by Crippen LogP contribution is -2.53. The molecule has 42 heavy (non-hydrogen) atoms. The molecule has 4 heterocycles. The number of carboxylic acid groups (broad SMARTS) is 2. The van der Waals surface area contributed by atoms with Crippen LogP contribution in [0.1, 0.15) is 89.9 Å². The van der Waals surface area contributed by atoms with E-state index in [-0.39, 0.29) is 36.7 Å². The molecule has 0 bridgehead atoms. The number of rotatable bonds is 10. The van der Waals surface area contributed by atoms with Crippen molar-refractivity contribution in [3.8, 4) is 0 Å². The fraction of sp³-hybridized carbons (Fsp3) is 0.846. The standard InChI is InChI=1S/2C13H23BN2O5/c2*17-12(7-9-3-1-2-6-15-9)16-11-5-4-10(8-13(18)19)21-14(11)20/h2*9-11,15,20H,1-8H2,(H,16,17)(H,18,19)/t2*9-,10-,11-/m00/s1. The fourth-order valence-electron chi connectivity index (χ4n) is 5.89. The van der Waals surface area contributed by atoms with Crippen molar-refractivity contribution in [3.63, 3.8) is 0 Å². The quantitative estimate of drug-likeness (QED) is 0.148. The van der Waals surface area contributed by atoms with Crippen LogP contribution in [0.25, 0.3) is 0 Å². The van der Waals surface area contributed by atoms with Gasteiger partial charge in [-0.2, -0.15) is 0 Å². The average Bonchev–Trinajstić information content (AvgIpc) is 2.93. The van der Waals surface area contributed by atoms with E-state index in [9.17, 15) is 29.2 Å². The zero-order valence-corrected chi connectivity index (χ0v) is 24.2. The topological polar surface area (TPSA) is 216 Å². The molecule has 4 aliphatic rings. The van der Waals surface area contributed by atoms with Crippen LogP contribution in [0.15, 0.2) is 0 Å². The van der Waals surface area contributed by atoms with Gasteiger partial charge in [-0.05, 0) is 64.5 Å². The highest BCUT2D eigenvalue weighted by molar-refractivity contribution is 6.46. The van der Waals surface area contributed by atoms with Gasteiger partial charge >= 0.3 is 26.2 Å². The second kappa shape index (κ2) is 17.8. The Bertz CT molecular complexity index is 821. The van der Waals surface area contributed by atoms with Gasteiger partial charge in [0.1, 0.15) is 0 Å². The van der Waals surface area contributed by atoms with Crippen LogP contribution in [0.3, 0.4) is 0 Å². The number of aliphatic carboxylic acids is 2. The molecule has 0 unspecified atom stereocenters. The summed E-state index contributed by atoms with van der Waals surface area (Å²) < 4.78 is 10.5. The van der Waals surface area contributed by atoms with E-state index in [0.29, 0.717) is 38.5 Å².